The van der Waals surface area contributed by atoms with Gasteiger partial charge in [-0.05, 0) is 47.0 Å². The second kappa shape index (κ2) is 8.98. The molecule has 176 valence electrons. The van der Waals surface area contributed by atoms with Gasteiger partial charge in [0, 0.05) is 49.3 Å². The molecule has 3 aromatic rings. The molecule has 1 aliphatic rings. The van der Waals surface area contributed by atoms with Gasteiger partial charge in [0.05, 0.1) is 23.9 Å². The van der Waals surface area contributed by atoms with Crippen molar-refractivity contribution < 1.29 is 17.6 Å². The van der Waals surface area contributed by atoms with Crippen LogP contribution in [-0.4, -0.2) is 37.9 Å². The minimum atomic E-state index is -3.29. The number of hydrogen-bond donors (Lipinski definition) is 1. The van der Waals surface area contributed by atoms with Crippen LogP contribution in [0.15, 0.2) is 64.5 Å². The minimum Gasteiger partial charge on any atom is -0.359 e. The summed E-state index contributed by atoms with van der Waals surface area (Å²) in [5.41, 5.74) is 4.14. The molecule has 4 rings (SSSR count). The van der Waals surface area contributed by atoms with E-state index in [1.54, 1.807) is 43.6 Å². The van der Waals surface area contributed by atoms with Gasteiger partial charge >= 0.3 is 0 Å². The molecule has 34 heavy (non-hydrogen) atoms. The number of pyridine rings is 1. The number of carbonyl (C=O) groups excluding carboxylic acids is 1. The molecule has 0 fully saturated rings. The van der Waals surface area contributed by atoms with Crippen LogP contribution in [0.3, 0.4) is 0 Å². The van der Waals surface area contributed by atoms with Crippen LogP contribution in [0.2, 0.25) is 0 Å². The molecule has 0 radical (unpaired) electrons. The zero-order chi connectivity index (χ0) is 24.6. The molecule has 7 nitrogen and oxygen atoms in total. The molecule has 0 saturated carbocycles. The van der Waals surface area contributed by atoms with Gasteiger partial charge in [-0.15, -0.1) is 0 Å². The third-order valence-corrected chi connectivity index (χ3v) is 6.60. The number of fused-ring (bicyclic) bond motifs is 3. The number of hydrogen-bond acceptors (Lipinski definition) is 5. The Kier molecular flexibility index (Phi) is 6.22. The van der Waals surface area contributed by atoms with Crippen molar-refractivity contribution in [2.75, 3.05) is 13.3 Å². The molecule has 0 saturated heterocycles. The van der Waals surface area contributed by atoms with Crippen LogP contribution in [-0.2, 0) is 27.4 Å². The van der Waals surface area contributed by atoms with Gasteiger partial charge in [0.2, 0.25) is 5.91 Å². The number of carbonyl (C=O) groups is 1. The topological polar surface area (TPSA) is 97.6 Å². The Morgan fingerprint density at radius 3 is 2.44 bits per heavy atom. The molecular weight excluding hydrogens is 457 g/mol. The van der Waals surface area contributed by atoms with Gasteiger partial charge in [0.1, 0.15) is 5.82 Å². The predicted octanol–water partition coefficient (Wildman–Crippen LogP) is 2.76. The number of aryl methyl sites for hydroxylation is 1. The summed E-state index contributed by atoms with van der Waals surface area (Å²) in [5.74, 6) is -0.788. The quantitative estimate of drug-likeness (QED) is 0.606. The van der Waals surface area contributed by atoms with Crippen molar-refractivity contribution in [2.24, 2.45) is 12.0 Å². The maximum absolute atomic E-state index is 13.7. The average Bonchev–Trinajstić information content (AvgIpc) is 2.89. The van der Waals surface area contributed by atoms with Crippen molar-refractivity contribution in [1.82, 2.24) is 9.88 Å². The zero-order valence-electron chi connectivity index (χ0n) is 19.0. The smallest absolute Gasteiger partial charge is 0.250 e. The van der Waals surface area contributed by atoms with Crippen LogP contribution in [0, 0.1) is 5.82 Å². The summed E-state index contributed by atoms with van der Waals surface area (Å²) in [5, 5.41) is 2.60. The van der Waals surface area contributed by atoms with Crippen LogP contribution in [0.4, 0.5) is 4.39 Å². The van der Waals surface area contributed by atoms with Gasteiger partial charge in [-0.2, -0.15) is 0 Å². The third-order valence-electron chi connectivity index (χ3n) is 5.74. The highest BCUT2D eigenvalue weighted by molar-refractivity contribution is 7.89. The van der Waals surface area contributed by atoms with Gasteiger partial charge < -0.3 is 9.88 Å². The van der Waals surface area contributed by atoms with E-state index < -0.39 is 21.7 Å². The van der Waals surface area contributed by atoms with Crippen LogP contribution in [0.1, 0.15) is 34.7 Å². The molecule has 1 amide bonds. The van der Waals surface area contributed by atoms with E-state index in [0.29, 0.717) is 39.1 Å². The lowest BCUT2D eigenvalue weighted by atomic mass is 9.90. The van der Waals surface area contributed by atoms with Crippen LogP contribution < -0.4 is 10.9 Å². The number of nitrogens with one attached hydrogen (secondary N) is 1. The highest BCUT2D eigenvalue weighted by atomic mass is 32.2. The fourth-order valence-electron chi connectivity index (χ4n) is 4.12. The fourth-order valence-corrected chi connectivity index (χ4v) is 4.91. The highest BCUT2D eigenvalue weighted by Gasteiger charge is 2.28. The second-order valence-corrected chi connectivity index (χ2v) is 10.6. The predicted molar refractivity (Wildman–Crippen MR) is 129 cm³/mol. The first kappa shape index (κ1) is 23.6. The SMILES string of the molecule is CNC(=O)C[C@@H]1N=C(c2ccc(F)cc2)c2ccc(CS(C)(=O)=O)cc2-c2cn(C)c(=O)cc21. The first-order chi connectivity index (χ1) is 16.1. The summed E-state index contributed by atoms with van der Waals surface area (Å²) in [6.45, 7) is 0. The molecule has 0 spiro atoms. The summed E-state index contributed by atoms with van der Waals surface area (Å²) in [6.07, 6.45) is 2.85. The third kappa shape index (κ3) is 4.84. The molecule has 2 aromatic carbocycles. The first-order valence-corrected chi connectivity index (χ1v) is 12.7. The first-order valence-electron chi connectivity index (χ1n) is 10.6. The van der Waals surface area contributed by atoms with Crippen molar-refractivity contribution in [3.05, 3.63) is 93.2 Å². The Bertz CT molecular complexity index is 1470. The van der Waals surface area contributed by atoms with Crippen molar-refractivity contribution in [3.8, 4) is 11.1 Å². The normalized spacial score (nSPS) is 15.1. The summed E-state index contributed by atoms with van der Waals surface area (Å²) in [7, 11) is -0.129. The van der Waals surface area contributed by atoms with E-state index in [2.05, 4.69) is 5.32 Å². The number of aromatic nitrogens is 1. The summed E-state index contributed by atoms with van der Waals surface area (Å²) >= 11 is 0. The Labute approximate surface area is 196 Å². The maximum atomic E-state index is 13.7. The molecule has 1 aliphatic heterocycles. The lowest BCUT2D eigenvalue weighted by molar-refractivity contribution is -0.120. The van der Waals surface area contributed by atoms with Crippen molar-refractivity contribution in [3.63, 3.8) is 0 Å². The van der Waals surface area contributed by atoms with E-state index in [-0.39, 0.29) is 23.6 Å². The highest BCUT2D eigenvalue weighted by Crippen LogP contribution is 2.39. The number of benzene rings is 2. The van der Waals surface area contributed by atoms with Crippen LogP contribution in [0.25, 0.3) is 11.1 Å². The number of aliphatic imine (C=N–C) groups is 1. The molecule has 1 N–H and O–H groups in total. The summed E-state index contributed by atoms with van der Waals surface area (Å²) in [6, 6.07) is 12.0. The molecular formula is C25H24FN3O4S. The monoisotopic (exact) mass is 481 g/mol. The lowest BCUT2D eigenvalue weighted by Gasteiger charge is -2.16. The van der Waals surface area contributed by atoms with Gasteiger partial charge in [-0.3, -0.25) is 14.6 Å². The molecule has 2 heterocycles. The van der Waals surface area contributed by atoms with Gasteiger partial charge in [0.15, 0.2) is 9.84 Å². The van der Waals surface area contributed by atoms with E-state index in [9.17, 15) is 22.4 Å². The maximum Gasteiger partial charge on any atom is 0.250 e. The standard InChI is InChI=1S/C25H24FN3O4S/c1-27-23(30)12-22-20-11-24(31)29(2)13-21(20)19-10-15(14-34(3,32)33)4-9-18(19)25(28-22)16-5-7-17(26)8-6-16/h4-11,13,22H,12,14H2,1-3H3,(H,27,30)/t22-/m0/s1. The van der Waals surface area contributed by atoms with Crippen molar-refractivity contribution in [1.29, 1.82) is 0 Å². The minimum absolute atomic E-state index is 0.00550. The van der Waals surface area contributed by atoms with Gasteiger partial charge in [-0.1, -0.05) is 12.1 Å². The average molecular weight is 482 g/mol. The Morgan fingerprint density at radius 1 is 1.09 bits per heavy atom. The van der Waals surface area contributed by atoms with Crippen LogP contribution in [0.5, 0.6) is 0 Å². The molecule has 1 atom stereocenters. The molecule has 0 bridgehead atoms. The number of rotatable bonds is 5. The number of sulfone groups is 1. The molecule has 9 heteroatoms. The molecule has 1 aromatic heterocycles. The summed E-state index contributed by atoms with van der Waals surface area (Å²) in [4.78, 5) is 29.8. The Balaban J connectivity index is 2.04. The van der Waals surface area contributed by atoms with E-state index in [1.165, 1.54) is 36.1 Å². The Hall–Kier alpha value is -3.59. The fraction of sp³-hybridized carbons (Fsp3) is 0.240. The number of amides is 1. The number of nitrogens with zero attached hydrogens (tertiary/aromatic N) is 2. The second-order valence-electron chi connectivity index (χ2n) is 8.42. The van der Waals surface area contributed by atoms with E-state index in [1.807, 2.05) is 0 Å². The molecule has 0 unspecified atom stereocenters. The van der Waals surface area contributed by atoms with E-state index in [4.69, 9.17) is 4.99 Å². The van der Waals surface area contributed by atoms with Gasteiger partial charge in [-0.25, -0.2) is 12.8 Å². The molecule has 0 aliphatic carbocycles. The van der Waals surface area contributed by atoms with Crippen molar-refractivity contribution >= 4 is 21.5 Å². The Morgan fingerprint density at radius 2 is 1.79 bits per heavy atom. The zero-order valence-corrected chi connectivity index (χ0v) is 19.8. The van der Waals surface area contributed by atoms with Crippen LogP contribution >= 0.6 is 0 Å². The lowest BCUT2D eigenvalue weighted by Crippen LogP contribution is -2.22. The van der Waals surface area contributed by atoms with Crippen molar-refractivity contribution in [2.45, 2.75) is 18.2 Å². The number of halogens is 1. The largest absolute Gasteiger partial charge is 0.359 e. The van der Waals surface area contributed by atoms with E-state index in [0.717, 1.165) is 0 Å². The summed E-state index contributed by atoms with van der Waals surface area (Å²) < 4.78 is 39.0. The van der Waals surface area contributed by atoms with Gasteiger partial charge in [0.25, 0.3) is 5.56 Å². The van der Waals surface area contributed by atoms with E-state index >= 15 is 0 Å².